The first-order valence-electron chi connectivity index (χ1n) is 5.75. The van der Waals surface area contributed by atoms with Crippen molar-refractivity contribution in [2.24, 2.45) is 0 Å². The minimum atomic E-state index is 1.03. The highest BCUT2D eigenvalue weighted by Gasteiger charge is 2.02. The van der Waals surface area contributed by atoms with Crippen molar-refractivity contribution in [2.75, 3.05) is 0 Å². The van der Waals surface area contributed by atoms with Crippen LogP contribution in [0.3, 0.4) is 0 Å². The molecule has 0 spiro atoms. The third-order valence-electron chi connectivity index (χ3n) is 2.97. The molecule has 0 saturated carbocycles. The number of aromatic nitrogens is 2. The molecule has 0 aliphatic heterocycles. The molecule has 0 fully saturated rings. The molecule has 0 aliphatic carbocycles. The normalized spacial score (nSPS) is 10.9. The third kappa shape index (κ3) is 1.82. The summed E-state index contributed by atoms with van der Waals surface area (Å²) in [4.78, 5) is 0. The lowest BCUT2D eigenvalue weighted by Gasteiger charge is -1.97. The molecule has 0 amide bonds. The van der Waals surface area contributed by atoms with Crippen LogP contribution in [0.25, 0.3) is 16.6 Å². The molecule has 0 N–H and O–H groups in total. The number of hydrogen-bond acceptors (Lipinski definition) is 1. The zero-order chi connectivity index (χ0) is 11.8. The van der Waals surface area contributed by atoms with E-state index in [-0.39, 0.29) is 0 Å². The van der Waals surface area contributed by atoms with Gasteiger partial charge in [-0.25, -0.2) is 4.52 Å². The van der Waals surface area contributed by atoms with Crippen molar-refractivity contribution in [3.05, 3.63) is 59.9 Å². The van der Waals surface area contributed by atoms with Gasteiger partial charge in [0.05, 0.1) is 11.2 Å². The number of fused-ring (bicyclic) bond motifs is 1. The molecule has 2 heteroatoms. The molecule has 0 bridgehead atoms. The van der Waals surface area contributed by atoms with E-state index < -0.39 is 0 Å². The van der Waals surface area contributed by atoms with E-state index in [4.69, 9.17) is 0 Å². The van der Waals surface area contributed by atoms with Crippen LogP contribution < -0.4 is 0 Å². The van der Waals surface area contributed by atoms with Gasteiger partial charge in [-0.05, 0) is 37.6 Å². The van der Waals surface area contributed by atoms with Crippen LogP contribution in [0, 0.1) is 13.8 Å². The van der Waals surface area contributed by atoms with E-state index in [1.165, 1.54) is 16.7 Å². The summed E-state index contributed by atoms with van der Waals surface area (Å²) in [5, 5.41) is 4.46. The van der Waals surface area contributed by atoms with Crippen molar-refractivity contribution in [3.8, 4) is 11.1 Å². The van der Waals surface area contributed by atoms with Crippen molar-refractivity contribution in [2.45, 2.75) is 13.8 Å². The van der Waals surface area contributed by atoms with Crippen LogP contribution in [-0.4, -0.2) is 9.61 Å². The van der Waals surface area contributed by atoms with Crippen LogP contribution in [-0.2, 0) is 0 Å². The second-order valence-corrected chi connectivity index (χ2v) is 4.44. The summed E-state index contributed by atoms with van der Waals surface area (Å²) in [6.07, 6.45) is 2.08. The van der Waals surface area contributed by atoms with Gasteiger partial charge in [0.2, 0.25) is 0 Å². The van der Waals surface area contributed by atoms with Crippen LogP contribution in [0.2, 0.25) is 0 Å². The quantitative estimate of drug-likeness (QED) is 0.614. The Bertz CT molecular complexity index is 663. The van der Waals surface area contributed by atoms with Crippen LogP contribution in [0.15, 0.2) is 48.7 Å². The summed E-state index contributed by atoms with van der Waals surface area (Å²) in [6, 6.07) is 14.9. The van der Waals surface area contributed by atoms with Gasteiger partial charge in [0.25, 0.3) is 0 Å². The Hall–Kier alpha value is -2.09. The van der Waals surface area contributed by atoms with Crippen molar-refractivity contribution in [1.29, 1.82) is 0 Å². The highest BCUT2D eigenvalue weighted by atomic mass is 15.2. The Morgan fingerprint density at radius 2 is 1.65 bits per heavy atom. The Balaban J connectivity index is 2.14. The van der Waals surface area contributed by atoms with Crippen molar-refractivity contribution in [3.63, 3.8) is 0 Å². The molecule has 1 aromatic carbocycles. The first-order chi connectivity index (χ1) is 8.22. The van der Waals surface area contributed by atoms with Crippen molar-refractivity contribution < 1.29 is 0 Å². The second kappa shape index (κ2) is 3.74. The van der Waals surface area contributed by atoms with Gasteiger partial charge in [0.15, 0.2) is 0 Å². The van der Waals surface area contributed by atoms with E-state index in [0.717, 1.165) is 11.2 Å². The molecule has 0 unspecified atom stereocenters. The summed E-state index contributed by atoms with van der Waals surface area (Å²) in [5.41, 5.74) is 5.89. The molecule has 3 aromatic rings. The van der Waals surface area contributed by atoms with Gasteiger partial charge < -0.3 is 0 Å². The molecular weight excluding hydrogens is 208 g/mol. The summed E-state index contributed by atoms with van der Waals surface area (Å²) in [7, 11) is 0. The van der Waals surface area contributed by atoms with Gasteiger partial charge in [-0.1, -0.05) is 29.8 Å². The van der Waals surface area contributed by atoms with Crippen LogP contribution >= 0.6 is 0 Å². The largest absolute Gasteiger partial charge is 0.240 e. The maximum atomic E-state index is 4.46. The molecular formula is C15H14N2. The molecule has 0 saturated heterocycles. The van der Waals surface area contributed by atoms with E-state index in [0.29, 0.717) is 0 Å². The highest BCUT2D eigenvalue weighted by Crippen LogP contribution is 2.22. The fraction of sp³-hybridized carbons (Fsp3) is 0.133. The van der Waals surface area contributed by atoms with E-state index in [1.807, 2.05) is 17.5 Å². The first-order valence-corrected chi connectivity index (χ1v) is 5.75. The standard InChI is InChI=1S/C15H14N2/c1-11-3-6-13(7-4-11)14-9-15-8-5-12(2)16-17(15)10-14/h3-10H,1-2H3. The fourth-order valence-corrected chi connectivity index (χ4v) is 1.99. The molecule has 84 valence electrons. The Morgan fingerprint density at radius 3 is 2.41 bits per heavy atom. The molecule has 3 rings (SSSR count). The monoisotopic (exact) mass is 222 g/mol. The summed E-state index contributed by atoms with van der Waals surface area (Å²) in [6.45, 7) is 4.11. The van der Waals surface area contributed by atoms with Crippen molar-refractivity contribution in [1.82, 2.24) is 9.61 Å². The van der Waals surface area contributed by atoms with Crippen LogP contribution in [0.1, 0.15) is 11.3 Å². The molecule has 17 heavy (non-hydrogen) atoms. The lowest BCUT2D eigenvalue weighted by molar-refractivity contribution is 0.906. The van der Waals surface area contributed by atoms with Gasteiger partial charge in [-0.2, -0.15) is 5.10 Å². The number of aryl methyl sites for hydroxylation is 2. The van der Waals surface area contributed by atoms with E-state index in [2.05, 4.69) is 54.6 Å². The van der Waals surface area contributed by atoms with Crippen LogP contribution in [0.5, 0.6) is 0 Å². The average Bonchev–Trinajstić information content (AvgIpc) is 2.72. The smallest absolute Gasteiger partial charge is 0.0653 e. The Labute approximate surface area is 101 Å². The number of hydrogen-bond donors (Lipinski definition) is 0. The summed E-state index contributed by atoms with van der Waals surface area (Å²) in [5.74, 6) is 0. The summed E-state index contributed by atoms with van der Waals surface area (Å²) >= 11 is 0. The lowest BCUT2D eigenvalue weighted by atomic mass is 10.1. The highest BCUT2D eigenvalue weighted by molar-refractivity contribution is 5.70. The molecule has 2 aromatic heterocycles. The topological polar surface area (TPSA) is 17.3 Å². The van der Waals surface area contributed by atoms with Gasteiger partial charge >= 0.3 is 0 Å². The Kier molecular flexibility index (Phi) is 2.22. The zero-order valence-electron chi connectivity index (χ0n) is 10.0. The van der Waals surface area contributed by atoms with Gasteiger partial charge in [-0.15, -0.1) is 0 Å². The molecule has 2 heterocycles. The molecule has 0 aliphatic rings. The van der Waals surface area contributed by atoms with Gasteiger partial charge in [0.1, 0.15) is 0 Å². The van der Waals surface area contributed by atoms with Crippen LogP contribution in [0.4, 0.5) is 0 Å². The van der Waals surface area contributed by atoms with Gasteiger partial charge in [0, 0.05) is 11.8 Å². The number of rotatable bonds is 1. The number of nitrogens with zero attached hydrogens (tertiary/aromatic N) is 2. The van der Waals surface area contributed by atoms with Crippen molar-refractivity contribution >= 4 is 5.52 Å². The number of benzene rings is 1. The maximum absolute atomic E-state index is 4.46. The molecule has 0 radical (unpaired) electrons. The zero-order valence-corrected chi connectivity index (χ0v) is 10.0. The van der Waals surface area contributed by atoms with E-state index in [9.17, 15) is 0 Å². The molecule has 0 atom stereocenters. The average molecular weight is 222 g/mol. The fourth-order valence-electron chi connectivity index (χ4n) is 1.99. The predicted octanol–water partition coefficient (Wildman–Crippen LogP) is 3.62. The second-order valence-electron chi connectivity index (χ2n) is 4.44. The molecule has 2 nitrogen and oxygen atoms in total. The lowest BCUT2D eigenvalue weighted by Crippen LogP contribution is -1.90. The maximum Gasteiger partial charge on any atom is 0.0653 e. The Morgan fingerprint density at radius 1 is 0.882 bits per heavy atom. The predicted molar refractivity (Wildman–Crippen MR) is 70.1 cm³/mol. The van der Waals surface area contributed by atoms with E-state index in [1.54, 1.807) is 0 Å². The van der Waals surface area contributed by atoms with E-state index >= 15 is 0 Å². The first kappa shape index (κ1) is 10.1. The minimum absolute atomic E-state index is 1.03. The SMILES string of the molecule is Cc1ccc(-c2cc3ccc(C)nn3c2)cc1. The summed E-state index contributed by atoms with van der Waals surface area (Å²) < 4.78 is 1.94. The third-order valence-corrected chi connectivity index (χ3v) is 2.97. The minimum Gasteiger partial charge on any atom is -0.240 e. The van der Waals surface area contributed by atoms with Gasteiger partial charge in [-0.3, -0.25) is 0 Å².